The first-order chi connectivity index (χ1) is 17.4. The summed E-state index contributed by atoms with van der Waals surface area (Å²) in [5.41, 5.74) is 4.36. The number of fused-ring (bicyclic) bond motifs is 1. The molecule has 2 aliphatic heterocycles. The predicted octanol–water partition coefficient (Wildman–Crippen LogP) is 4.85. The van der Waals surface area contributed by atoms with Gasteiger partial charge in [0.1, 0.15) is 11.9 Å². The van der Waals surface area contributed by atoms with E-state index in [-0.39, 0.29) is 11.9 Å². The van der Waals surface area contributed by atoms with Crippen molar-refractivity contribution in [3.63, 3.8) is 0 Å². The van der Waals surface area contributed by atoms with Gasteiger partial charge in [0.25, 0.3) is 0 Å². The van der Waals surface area contributed by atoms with Gasteiger partial charge in [-0.1, -0.05) is 53.4 Å². The van der Waals surface area contributed by atoms with Gasteiger partial charge in [-0.3, -0.25) is 4.79 Å². The Balaban J connectivity index is 0.000000220. The lowest BCUT2D eigenvalue weighted by Crippen LogP contribution is -2.40. The van der Waals surface area contributed by atoms with Crippen molar-refractivity contribution in [2.24, 2.45) is 0 Å². The fraction of sp³-hybridized carbons (Fsp3) is 0.464. The number of nitrogens with one attached hydrogen (secondary N) is 4. The Morgan fingerprint density at radius 1 is 1.08 bits per heavy atom. The number of aromatic nitrogens is 2. The SMILES string of the molecule is C1CCNCC1.CC=O.Cc1ccc(C)cc1.O=C(NCc1cnc2[nH]cc(Cl)c2c1)C1CCCN1. The normalized spacial score (nSPS) is 16.4. The van der Waals surface area contributed by atoms with E-state index < -0.39 is 0 Å². The number of aryl methyl sites for hydroxylation is 2. The minimum absolute atomic E-state index is 0.0486. The summed E-state index contributed by atoms with van der Waals surface area (Å²) in [5, 5.41) is 10.9. The molecule has 3 aromatic rings. The van der Waals surface area contributed by atoms with Crippen LogP contribution >= 0.6 is 11.6 Å². The third kappa shape index (κ3) is 10.9. The number of carbonyl (C=O) groups is 2. The van der Waals surface area contributed by atoms with Crippen LogP contribution in [0.1, 0.15) is 55.7 Å². The van der Waals surface area contributed by atoms with E-state index in [4.69, 9.17) is 16.4 Å². The maximum absolute atomic E-state index is 11.9. The summed E-state index contributed by atoms with van der Waals surface area (Å²) < 4.78 is 0. The molecule has 196 valence electrons. The first-order valence-corrected chi connectivity index (χ1v) is 13.1. The molecule has 4 heterocycles. The predicted molar refractivity (Wildman–Crippen MR) is 148 cm³/mol. The lowest BCUT2D eigenvalue weighted by Gasteiger charge is -2.10. The van der Waals surface area contributed by atoms with E-state index in [1.165, 1.54) is 50.4 Å². The fourth-order valence-electron chi connectivity index (χ4n) is 3.77. The van der Waals surface area contributed by atoms with Gasteiger partial charge in [-0.05, 0) is 77.7 Å². The summed E-state index contributed by atoms with van der Waals surface area (Å²) >= 11 is 6.04. The second-order valence-electron chi connectivity index (χ2n) is 8.94. The number of piperidine rings is 1. The van der Waals surface area contributed by atoms with Crippen LogP contribution in [0.15, 0.2) is 42.7 Å². The van der Waals surface area contributed by atoms with Crippen molar-refractivity contribution in [3.05, 3.63) is 64.4 Å². The highest BCUT2D eigenvalue weighted by molar-refractivity contribution is 6.35. The highest BCUT2D eigenvalue weighted by Crippen LogP contribution is 2.22. The standard InChI is InChI=1S/C13H15ClN4O.C8H10.C5H11N.C2H4O/c14-10-7-17-12-9(10)4-8(5-16-12)6-18-13(19)11-2-1-3-15-11;1-7-3-5-8(2)6-4-7;1-2-4-6-5-3-1;1-2-3/h4-5,7,11,15H,1-3,6H2,(H,16,17)(H,18,19);3-6H,1-2H3;6H,1-5H2;2H,1H3. The lowest BCUT2D eigenvalue weighted by molar-refractivity contribution is -0.122. The highest BCUT2D eigenvalue weighted by Gasteiger charge is 2.21. The van der Waals surface area contributed by atoms with E-state index in [0.29, 0.717) is 11.6 Å². The van der Waals surface area contributed by atoms with Gasteiger partial charge < -0.3 is 25.7 Å². The molecule has 0 spiro atoms. The molecule has 1 unspecified atom stereocenters. The quantitative estimate of drug-likeness (QED) is 0.375. The summed E-state index contributed by atoms with van der Waals surface area (Å²) in [7, 11) is 0. The highest BCUT2D eigenvalue weighted by atomic mass is 35.5. The lowest BCUT2D eigenvalue weighted by atomic mass is 10.2. The minimum atomic E-state index is -0.0486. The van der Waals surface area contributed by atoms with Crippen molar-refractivity contribution in [1.29, 1.82) is 0 Å². The van der Waals surface area contributed by atoms with Gasteiger partial charge in [0.2, 0.25) is 5.91 Å². The van der Waals surface area contributed by atoms with Crippen molar-refractivity contribution in [2.45, 2.75) is 65.5 Å². The summed E-state index contributed by atoms with van der Waals surface area (Å²) in [5.74, 6) is 0.0535. The van der Waals surface area contributed by atoms with E-state index in [1.807, 2.05) is 6.07 Å². The van der Waals surface area contributed by atoms with Crippen LogP contribution in [0.3, 0.4) is 0 Å². The van der Waals surface area contributed by atoms with Crippen LogP contribution in [0.25, 0.3) is 11.0 Å². The molecule has 2 saturated heterocycles. The molecule has 0 saturated carbocycles. The first-order valence-electron chi connectivity index (χ1n) is 12.7. The van der Waals surface area contributed by atoms with Gasteiger partial charge in [-0.2, -0.15) is 0 Å². The zero-order valence-corrected chi connectivity index (χ0v) is 22.5. The summed E-state index contributed by atoms with van der Waals surface area (Å²) in [6, 6.07) is 10.4. The number of halogens is 1. The number of nitrogens with zero attached hydrogens (tertiary/aromatic N) is 1. The zero-order valence-electron chi connectivity index (χ0n) is 21.7. The molecule has 1 amide bonds. The van der Waals surface area contributed by atoms with Crippen LogP contribution in [-0.2, 0) is 16.1 Å². The Morgan fingerprint density at radius 3 is 2.22 bits per heavy atom. The number of amides is 1. The summed E-state index contributed by atoms with van der Waals surface area (Å²) in [4.78, 5) is 27.9. The van der Waals surface area contributed by atoms with Crippen LogP contribution in [0.5, 0.6) is 0 Å². The molecule has 1 aromatic carbocycles. The van der Waals surface area contributed by atoms with Gasteiger partial charge in [-0.25, -0.2) is 4.98 Å². The van der Waals surface area contributed by atoms with Crippen molar-refractivity contribution >= 4 is 34.8 Å². The van der Waals surface area contributed by atoms with E-state index in [1.54, 1.807) is 12.4 Å². The Labute approximate surface area is 219 Å². The van der Waals surface area contributed by atoms with Gasteiger partial charge in [0.15, 0.2) is 0 Å². The maximum atomic E-state index is 11.9. The molecule has 4 N–H and O–H groups in total. The molecular weight excluding hydrogens is 474 g/mol. The number of benzene rings is 1. The molecule has 7 nitrogen and oxygen atoms in total. The Kier molecular flexibility index (Phi) is 13.8. The van der Waals surface area contributed by atoms with E-state index in [9.17, 15) is 4.79 Å². The number of pyridine rings is 1. The fourth-order valence-corrected chi connectivity index (χ4v) is 3.97. The minimum Gasteiger partial charge on any atom is -0.351 e. The first kappa shape index (κ1) is 29.5. The number of aromatic amines is 1. The van der Waals surface area contributed by atoms with Crippen molar-refractivity contribution in [2.75, 3.05) is 19.6 Å². The van der Waals surface area contributed by atoms with Gasteiger partial charge in [0.05, 0.1) is 11.1 Å². The Hall–Kier alpha value is -2.74. The number of aldehydes is 1. The second-order valence-corrected chi connectivity index (χ2v) is 9.35. The largest absolute Gasteiger partial charge is 0.351 e. The average molecular weight is 514 g/mol. The molecule has 2 aliphatic rings. The molecular formula is C28H40ClN5O2. The van der Waals surface area contributed by atoms with Crippen molar-refractivity contribution in [1.82, 2.24) is 25.9 Å². The van der Waals surface area contributed by atoms with E-state index in [0.717, 1.165) is 42.3 Å². The molecule has 0 bridgehead atoms. The monoisotopic (exact) mass is 513 g/mol. The molecule has 2 fully saturated rings. The summed E-state index contributed by atoms with van der Waals surface area (Å²) in [6.07, 6.45) is 10.4. The number of H-pyrrole nitrogens is 1. The number of rotatable bonds is 3. The molecule has 36 heavy (non-hydrogen) atoms. The van der Waals surface area contributed by atoms with Crippen molar-refractivity contribution in [3.8, 4) is 0 Å². The molecule has 0 radical (unpaired) electrons. The van der Waals surface area contributed by atoms with Crippen LogP contribution in [0.4, 0.5) is 0 Å². The topological polar surface area (TPSA) is 98.9 Å². The van der Waals surface area contributed by atoms with Gasteiger partial charge in [-0.15, -0.1) is 0 Å². The van der Waals surface area contributed by atoms with Crippen LogP contribution in [0, 0.1) is 13.8 Å². The molecule has 5 rings (SSSR count). The molecule has 2 aromatic heterocycles. The van der Waals surface area contributed by atoms with Gasteiger partial charge >= 0.3 is 0 Å². The Bertz CT molecular complexity index is 1010. The average Bonchev–Trinajstić information content (AvgIpc) is 3.57. The van der Waals surface area contributed by atoms with Crippen molar-refractivity contribution < 1.29 is 9.59 Å². The van der Waals surface area contributed by atoms with E-state index in [2.05, 4.69) is 64.0 Å². The summed E-state index contributed by atoms with van der Waals surface area (Å²) in [6.45, 7) is 9.53. The third-order valence-electron chi connectivity index (χ3n) is 5.81. The smallest absolute Gasteiger partial charge is 0.237 e. The number of hydrogen-bond donors (Lipinski definition) is 4. The zero-order chi connectivity index (χ0) is 26.2. The third-order valence-corrected chi connectivity index (χ3v) is 6.12. The van der Waals surface area contributed by atoms with Crippen LogP contribution in [-0.4, -0.2) is 47.8 Å². The number of carbonyl (C=O) groups excluding carboxylic acids is 2. The van der Waals surface area contributed by atoms with Crippen LogP contribution in [0.2, 0.25) is 5.02 Å². The molecule has 1 atom stereocenters. The number of hydrogen-bond acceptors (Lipinski definition) is 5. The van der Waals surface area contributed by atoms with E-state index >= 15 is 0 Å². The Morgan fingerprint density at radius 2 is 1.72 bits per heavy atom. The van der Waals surface area contributed by atoms with Gasteiger partial charge in [0, 0.05) is 24.3 Å². The maximum Gasteiger partial charge on any atom is 0.237 e. The molecule has 8 heteroatoms. The molecule has 0 aliphatic carbocycles. The van der Waals surface area contributed by atoms with Crippen LogP contribution < -0.4 is 16.0 Å². The second kappa shape index (κ2) is 16.8.